The average Bonchev–Trinajstić information content (AvgIpc) is 3.50. The fourth-order valence-corrected chi connectivity index (χ4v) is 10.5. The fourth-order valence-electron chi connectivity index (χ4n) is 10.5. The first-order valence-corrected chi connectivity index (χ1v) is 35.9. The third-order valence-electron chi connectivity index (χ3n) is 16.0. The van der Waals surface area contributed by atoms with Crippen LogP contribution in [-0.2, 0) is 19.1 Å². The molecular formula is C69H143N11O4. The van der Waals surface area contributed by atoms with Gasteiger partial charge < -0.3 is 68.4 Å². The number of carbonyl (C=O) groups is 2. The van der Waals surface area contributed by atoms with Gasteiger partial charge in [0.15, 0.2) is 0 Å². The first-order valence-electron chi connectivity index (χ1n) is 35.9. The highest BCUT2D eigenvalue weighted by Gasteiger charge is 2.19. The molecule has 2 amide bonds. The van der Waals surface area contributed by atoms with Gasteiger partial charge in [-0.3, -0.25) is 9.59 Å². The lowest BCUT2D eigenvalue weighted by Crippen LogP contribution is -2.45. The number of rotatable bonds is 71. The molecule has 2 unspecified atom stereocenters. The van der Waals surface area contributed by atoms with Gasteiger partial charge in [0, 0.05) is 26.2 Å². The fraction of sp³-hybridized carbons (Fsp3) is 0.913. The number of hydrogen-bond donors (Lipinski definition) is 9. The molecule has 0 fully saturated rings. The van der Waals surface area contributed by atoms with E-state index in [1.165, 1.54) is 167 Å². The van der Waals surface area contributed by atoms with E-state index in [0.717, 1.165) is 149 Å². The zero-order valence-electron chi connectivity index (χ0n) is 55.7. The van der Waals surface area contributed by atoms with Crippen molar-refractivity contribution in [3.63, 3.8) is 0 Å². The maximum absolute atomic E-state index is 13.4. The summed E-state index contributed by atoms with van der Waals surface area (Å²) in [6.07, 6.45) is 53.8. The van der Waals surface area contributed by atoms with Crippen molar-refractivity contribution >= 4 is 11.8 Å². The summed E-state index contributed by atoms with van der Waals surface area (Å²) < 4.78 is 12.4. The van der Waals surface area contributed by atoms with Gasteiger partial charge in [0.05, 0.1) is 38.5 Å². The molecule has 15 nitrogen and oxygen atoms in total. The van der Waals surface area contributed by atoms with Gasteiger partial charge in [-0.1, -0.05) is 154 Å². The number of carbonyl (C=O) groups excluding carboxylic acids is 2. The molecule has 84 heavy (non-hydrogen) atoms. The third kappa shape index (κ3) is 60.3. The molecule has 0 aromatic rings. The van der Waals surface area contributed by atoms with E-state index < -0.39 is 0 Å². The second kappa shape index (κ2) is 70.1. The minimum Gasteiger partial charge on any atom is -0.378 e. The molecule has 0 aliphatic rings. The second-order valence-corrected chi connectivity index (χ2v) is 23.9. The maximum Gasteiger partial charge on any atom is 0.237 e. The Balaban J connectivity index is 5.20. The number of ether oxygens (including phenoxy) is 2. The highest BCUT2D eigenvalue weighted by atomic mass is 16.5. The Hall–Kier alpha value is -2.02. The van der Waals surface area contributed by atoms with E-state index >= 15 is 0 Å². The first-order chi connectivity index (χ1) is 41.5. The lowest BCUT2D eigenvalue weighted by molar-refractivity contribution is -0.124. The number of hydrogen-bond acceptors (Lipinski definition) is 13. The van der Waals surface area contributed by atoms with Gasteiger partial charge in [-0.05, 0) is 213 Å². The largest absolute Gasteiger partial charge is 0.378 e. The van der Waals surface area contributed by atoms with Crippen LogP contribution in [0, 0.1) is 0 Å². The van der Waals surface area contributed by atoms with Crippen molar-refractivity contribution in [1.82, 2.24) is 41.7 Å². The lowest BCUT2D eigenvalue weighted by atomic mass is 10.1. The van der Waals surface area contributed by atoms with Crippen LogP contribution in [0.15, 0.2) is 24.3 Å². The lowest BCUT2D eigenvalue weighted by Gasteiger charge is -2.24. The van der Waals surface area contributed by atoms with Crippen LogP contribution >= 0.6 is 0 Å². The first kappa shape index (κ1) is 82.0. The zero-order valence-corrected chi connectivity index (χ0v) is 55.7. The predicted molar refractivity (Wildman–Crippen MR) is 363 cm³/mol. The van der Waals surface area contributed by atoms with Gasteiger partial charge in [-0.2, -0.15) is 0 Å². The highest BCUT2D eigenvalue weighted by Crippen LogP contribution is 2.13. The molecule has 0 aliphatic heterocycles. The zero-order chi connectivity index (χ0) is 61.0. The van der Waals surface area contributed by atoms with Crippen LogP contribution in [0.4, 0.5) is 0 Å². The molecule has 0 rings (SSSR count). The van der Waals surface area contributed by atoms with E-state index in [2.05, 4.69) is 86.8 Å². The van der Waals surface area contributed by atoms with Crippen LogP contribution in [-0.4, -0.2) is 171 Å². The van der Waals surface area contributed by atoms with Crippen LogP contribution in [0.1, 0.15) is 258 Å². The van der Waals surface area contributed by atoms with Crippen molar-refractivity contribution in [1.29, 1.82) is 0 Å². The monoisotopic (exact) mass is 1190 g/mol. The molecule has 0 bridgehead atoms. The number of unbranched alkanes of at least 4 members (excludes halogenated alkanes) is 23. The molecule has 0 radical (unpaired) electrons. The Morgan fingerprint density at radius 2 is 0.667 bits per heavy atom. The SMILES string of the molecule is CCCCCCCC=CCCCCCCCCN(CCCNC(=O)C(CCCNCCCN)NCCCC)CCOCCOCCN(CCCCCCCC/C=C\CCCCCCC)CCCNC(=O)C(CCCNCCCN)NCCCN. The molecule has 0 aromatic heterocycles. The summed E-state index contributed by atoms with van der Waals surface area (Å²) >= 11 is 0. The van der Waals surface area contributed by atoms with Crippen molar-refractivity contribution in [2.24, 2.45) is 17.2 Å². The summed E-state index contributed by atoms with van der Waals surface area (Å²) in [7, 11) is 0. The van der Waals surface area contributed by atoms with Gasteiger partial charge in [0.25, 0.3) is 0 Å². The smallest absolute Gasteiger partial charge is 0.237 e. The molecule has 0 aliphatic carbocycles. The highest BCUT2D eigenvalue weighted by molar-refractivity contribution is 5.82. The Morgan fingerprint density at radius 3 is 1.05 bits per heavy atom. The summed E-state index contributed by atoms with van der Waals surface area (Å²) in [5, 5.41) is 20.4. The van der Waals surface area contributed by atoms with Gasteiger partial charge in [0.2, 0.25) is 11.8 Å². The maximum atomic E-state index is 13.4. The van der Waals surface area contributed by atoms with E-state index in [1.807, 2.05) is 0 Å². The molecule has 0 aromatic carbocycles. The molecular weight excluding hydrogens is 1050 g/mol. The van der Waals surface area contributed by atoms with Gasteiger partial charge in [0.1, 0.15) is 0 Å². The Labute approximate surface area is 520 Å². The Kier molecular flexibility index (Phi) is 68.4. The second-order valence-electron chi connectivity index (χ2n) is 23.9. The summed E-state index contributed by atoms with van der Waals surface area (Å²) in [6, 6.07) is -0.361. The number of nitrogens with two attached hydrogens (primary N) is 3. The standard InChI is InChI=1S/C69H143N11O4/c1-4-7-10-12-14-16-18-20-22-24-26-28-30-32-34-56-79(58-41-54-77-68(81)66(75-52-9-6-3)43-36-48-73-50-38-45-70)60-62-83-64-65-84-63-61-80(57-35-33-31-29-27-25-23-21-19-17-15-13-11-8-5-2)59-42-55-78-69(82)67(76-53-40-47-72)44-37-49-74-51-39-46-71/h18-21,66-67,73-76H,4-17,22-65,70-72H2,1-3H3,(H,77,81)(H,78,82)/b20-18?,21-19-. The minimum absolute atomic E-state index is 0.0885. The molecule has 0 heterocycles. The van der Waals surface area contributed by atoms with E-state index in [4.69, 9.17) is 26.7 Å². The summed E-state index contributed by atoms with van der Waals surface area (Å²) in [5.74, 6) is 0.215. The van der Waals surface area contributed by atoms with Crippen LogP contribution in [0.2, 0.25) is 0 Å². The van der Waals surface area contributed by atoms with E-state index in [9.17, 15) is 9.59 Å². The topological polar surface area (TPSA) is 209 Å². The molecule has 0 saturated carbocycles. The molecule has 2 atom stereocenters. The summed E-state index contributed by atoms with van der Waals surface area (Å²) in [4.78, 5) is 31.8. The number of nitrogens with zero attached hydrogens (tertiary/aromatic N) is 2. The van der Waals surface area contributed by atoms with Crippen molar-refractivity contribution in [3.8, 4) is 0 Å². The molecule has 15 heteroatoms. The molecule has 0 saturated heterocycles. The normalized spacial score (nSPS) is 12.7. The molecule has 12 N–H and O–H groups in total. The van der Waals surface area contributed by atoms with Crippen LogP contribution in [0.25, 0.3) is 0 Å². The number of allylic oxidation sites excluding steroid dienone is 4. The van der Waals surface area contributed by atoms with Crippen LogP contribution in [0.3, 0.4) is 0 Å². The van der Waals surface area contributed by atoms with Crippen molar-refractivity contribution in [3.05, 3.63) is 24.3 Å². The van der Waals surface area contributed by atoms with Crippen molar-refractivity contribution < 1.29 is 19.1 Å². The molecule has 498 valence electrons. The third-order valence-corrected chi connectivity index (χ3v) is 16.0. The van der Waals surface area contributed by atoms with Gasteiger partial charge in [-0.15, -0.1) is 0 Å². The van der Waals surface area contributed by atoms with E-state index in [0.29, 0.717) is 59.2 Å². The number of amides is 2. The van der Waals surface area contributed by atoms with Gasteiger partial charge >= 0.3 is 0 Å². The summed E-state index contributed by atoms with van der Waals surface area (Å²) in [6.45, 7) is 23.6. The van der Waals surface area contributed by atoms with Crippen LogP contribution in [0.5, 0.6) is 0 Å². The number of nitrogens with one attached hydrogen (secondary N) is 6. The van der Waals surface area contributed by atoms with E-state index in [-0.39, 0.29) is 23.9 Å². The quantitative estimate of drug-likeness (QED) is 0.0205. The predicted octanol–water partition coefficient (Wildman–Crippen LogP) is 11.4. The summed E-state index contributed by atoms with van der Waals surface area (Å²) in [5.41, 5.74) is 17.1. The van der Waals surface area contributed by atoms with E-state index in [1.54, 1.807) is 0 Å². The van der Waals surface area contributed by atoms with Crippen molar-refractivity contribution in [2.75, 3.05) is 138 Å². The van der Waals surface area contributed by atoms with Gasteiger partial charge in [-0.25, -0.2) is 0 Å². The average molecular weight is 1190 g/mol. The Morgan fingerprint density at radius 1 is 0.345 bits per heavy atom. The Bertz CT molecular complexity index is 1280. The minimum atomic E-state index is -0.207. The van der Waals surface area contributed by atoms with Crippen LogP contribution < -0.4 is 49.1 Å². The molecule has 0 spiro atoms. The van der Waals surface area contributed by atoms with Crippen molar-refractivity contribution in [2.45, 2.75) is 270 Å².